The molecule has 0 saturated heterocycles. The second kappa shape index (κ2) is 10.9. The van der Waals surface area contributed by atoms with Gasteiger partial charge in [0.05, 0.1) is 7.11 Å². The number of aromatic nitrogens is 1. The van der Waals surface area contributed by atoms with E-state index in [1.165, 1.54) is 11.1 Å². The topological polar surface area (TPSA) is 58.5 Å². The number of aliphatic imine (C=N–C) groups is 1. The Morgan fingerprint density at radius 1 is 1.25 bits per heavy atom. The van der Waals surface area contributed by atoms with E-state index in [1.54, 1.807) is 14.2 Å². The van der Waals surface area contributed by atoms with Gasteiger partial charge < -0.3 is 15.4 Å². The number of guanidine groups is 1. The molecule has 2 rings (SSSR count). The number of halogens is 1. The standard InChI is InChI=1S/C18H24N4O.HI/c1-14-12-20-9-7-16(14)8-10-21-18(19-2)22-13-15-5-4-6-17(11-15)23-3;/h4-7,9,11-12H,8,10,13H2,1-3H3,(H2,19,21,22);1H. The van der Waals surface area contributed by atoms with E-state index in [9.17, 15) is 0 Å². The lowest BCUT2D eigenvalue weighted by atomic mass is 10.1. The maximum absolute atomic E-state index is 5.23. The first-order chi connectivity index (χ1) is 11.2. The van der Waals surface area contributed by atoms with Gasteiger partial charge in [0.1, 0.15) is 5.75 Å². The number of methoxy groups -OCH3 is 1. The molecule has 24 heavy (non-hydrogen) atoms. The molecule has 0 amide bonds. The van der Waals surface area contributed by atoms with Gasteiger partial charge >= 0.3 is 0 Å². The highest BCUT2D eigenvalue weighted by Crippen LogP contribution is 2.12. The number of nitrogens with zero attached hydrogens (tertiary/aromatic N) is 2. The zero-order valence-corrected chi connectivity index (χ0v) is 16.7. The van der Waals surface area contributed by atoms with Crippen LogP contribution in [-0.4, -0.2) is 31.6 Å². The van der Waals surface area contributed by atoms with Crippen LogP contribution < -0.4 is 15.4 Å². The third kappa shape index (κ3) is 6.35. The number of nitrogens with one attached hydrogen (secondary N) is 2. The normalized spacial score (nSPS) is 10.7. The Labute approximate surface area is 161 Å². The second-order valence-electron chi connectivity index (χ2n) is 5.26. The maximum atomic E-state index is 5.23. The van der Waals surface area contributed by atoms with E-state index in [2.05, 4.69) is 39.7 Å². The summed E-state index contributed by atoms with van der Waals surface area (Å²) in [5.41, 5.74) is 3.67. The summed E-state index contributed by atoms with van der Waals surface area (Å²) < 4.78 is 5.23. The van der Waals surface area contributed by atoms with Crippen LogP contribution in [0.5, 0.6) is 5.75 Å². The molecule has 6 heteroatoms. The molecule has 2 aromatic rings. The Balaban J connectivity index is 0.00000288. The Morgan fingerprint density at radius 3 is 2.79 bits per heavy atom. The van der Waals surface area contributed by atoms with Gasteiger partial charge in [-0.2, -0.15) is 0 Å². The molecule has 2 N–H and O–H groups in total. The number of pyridine rings is 1. The summed E-state index contributed by atoms with van der Waals surface area (Å²) in [4.78, 5) is 8.36. The molecule has 0 radical (unpaired) electrons. The molecule has 0 unspecified atom stereocenters. The molecule has 0 aliphatic carbocycles. The van der Waals surface area contributed by atoms with Crippen LogP contribution in [0, 0.1) is 6.92 Å². The molecule has 1 aromatic heterocycles. The van der Waals surface area contributed by atoms with Crippen molar-refractivity contribution in [2.75, 3.05) is 20.7 Å². The van der Waals surface area contributed by atoms with Crippen molar-refractivity contribution in [3.63, 3.8) is 0 Å². The van der Waals surface area contributed by atoms with Crippen LogP contribution in [-0.2, 0) is 13.0 Å². The largest absolute Gasteiger partial charge is 0.497 e. The van der Waals surface area contributed by atoms with Crippen LogP contribution in [0.2, 0.25) is 0 Å². The van der Waals surface area contributed by atoms with Crippen LogP contribution >= 0.6 is 24.0 Å². The zero-order valence-electron chi connectivity index (χ0n) is 14.4. The minimum absolute atomic E-state index is 0. The summed E-state index contributed by atoms with van der Waals surface area (Å²) in [7, 11) is 3.45. The van der Waals surface area contributed by atoms with Gasteiger partial charge in [-0.15, -0.1) is 24.0 Å². The summed E-state index contributed by atoms with van der Waals surface area (Å²) in [6.07, 6.45) is 4.66. The van der Waals surface area contributed by atoms with Gasteiger partial charge in [0.2, 0.25) is 0 Å². The molecule has 0 atom stereocenters. The smallest absolute Gasteiger partial charge is 0.191 e. The molecule has 1 aromatic carbocycles. The van der Waals surface area contributed by atoms with Gasteiger partial charge in [0.25, 0.3) is 0 Å². The highest BCUT2D eigenvalue weighted by atomic mass is 127. The summed E-state index contributed by atoms with van der Waals surface area (Å²) in [5.74, 6) is 1.65. The van der Waals surface area contributed by atoms with Crippen molar-refractivity contribution < 1.29 is 4.74 Å². The van der Waals surface area contributed by atoms with E-state index >= 15 is 0 Å². The van der Waals surface area contributed by atoms with Gasteiger partial charge in [-0.05, 0) is 48.2 Å². The number of rotatable bonds is 6. The third-order valence-electron chi connectivity index (χ3n) is 3.64. The highest BCUT2D eigenvalue weighted by Gasteiger charge is 2.01. The van der Waals surface area contributed by atoms with Crippen molar-refractivity contribution in [1.29, 1.82) is 0 Å². The number of ether oxygens (including phenoxy) is 1. The van der Waals surface area contributed by atoms with Crippen LogP contribution in [0.1, 0.15) is 16.7 Å². The van der Waals surface area contributed by atoms with Crippen molar-refractivity contribution in [3.05, 3.63) is 59.4 Å². The van der Waals surface area contributed by atoms with E-state index in [0.717, 1.165) is 30.2 Å². The second-order valence-corrected chi connectivity index (χ2v) is 5.26. The number of benzene rings is 1. The van der Waals surface area contributed by atoms with E-state index in [0.29, 0.717) is 6.54 Å². The Bertz CT molecular complexity index is 661. The van der Waals surface area contributed by atoms with Gasteiger partial charge in [-0.3, -0.25) is 9.98 Å². The monoisotopic (exact) mass is 440 g/mol. The van der Waals surface area contributed by atoms with Crippen molar-refractivity contribution >= 4 is 29.9 Å². The van der Waals surface area contributed by atoms with Gasteiger partial charge in [0.15, 0.2) is 5.96 Å². The molecule has 0 aliphatic heterocycles. The van der Waals surface area contributed by atoms with Crippen molar-refractivity contribution in [2.24, 2.45) is 4.99 Å². The fraction of sp³-hybridized carbons (Fsp3) is 0.333. The predicted octanol–water partition coefficient (Wildman–Crippen LogP) is 2.92. The minimum atomic E-state index is 0. The van der Waals surface area contributed by atoms with E-state index in [4.69, 9.17) is 4.74 Å². The molecular weight excluding hydrogens is 415 g/mol. The quantitative estimate of drug-likeness (QED) is 0.412. The fourth-order valence-electron chi connectivity index (χ4n) is 2.29. The summed E-state index contributed by atoms with van der Waals surface area (Å²) >= 11 is 0. The lowest BCUT2D eigenvalue weighted by Gasteiger charge is -2.13. The number of aryl methyl sites for hydroxylation is 1. The van der Waals surface area contributed by atoms with Crippen LogP contribution in [0.15, 0.2) is 47.7 Å². The molecule has 5 nitrogen and oxygen atoms in total. The molecule has 130 valence electrons. The van der Waals surface area contributed by atoms with E-state index in [-0.39, 0.29) is 24.0 Å². The SMILES string of the molecule is CN=C(NCCc1ccncc1C)NCc1cccc(OC)c1.I. The van der Waals surface area contributed by atoms with Crippen LogP contribution in [0.4, 0.5) is 0 Å². The zero-order chi connectivity index (χ0) is 16.5. The first-order valence-electron chi connectivity index (χ1n) is 7.70. The van der Waals surface area contributed by atoms with Crippen LogP contribution in [0.3, 0.4) is 0 Å². The summed E-state index contributed by atoms with van der Waals surface area (Å²) in [6, 6.07) is 10.1. The Kier molecular flexibility index (Phi) is 9.14. The van der Waals surface area contributed by atoms with Crippen molar-refractivity contribution in [1.82, 2.24) is 15.6 Å². The molecule has 0 spiro atoms. The molecule has 0 aliphatic rings. The average molecular weight is 440 g/mol. The molecule has 0 saturated carbocycles. The average Bonchev–Trinajstić information content (AvgIpc) is 2.59. The third-order valence-corrected chi connectivity index (χ3v) is 3.64. The van der Waals surface area contributed by atoms with Crippen molar-refractivity contribution in [2.45, 2.75) is 19.9 Å². The van der Waals surface area contributed by atoms with Gasteiger partial charge in [-0.1, -0.05) is 12.1 Å². The minimum Gasteiger partial charge on any atom is -0.497 e. The van der Waals surface area contributed by atoms with E-state index in [1.807, 2.05) is 30.6 Å². The highest BCUT2D eigenvalue weighted by molar-refractivity contribution is 14.0. The molecule has 1 heterocycles. The Morgan fingerprint density at radius 2 is 2.08 bits per heavy atom. The molecule has 0 bridgehead atoms. The number of hydrogen-bond donors (Lipinski definition) is 2. The predicted molar refractivity (Wildman–Crippen MR) is 109 cm³/mol. The first kappa shape index (κ1) is 20.2. The summed E-state index contributed by atoms with van der Waals surface area (Å²) in [5, 5.41) is 6.64. The lowest BCUT2D eigenvalue weighted by Crippen LogP contribution is -2.37. The summed E-state index contributed by atoms with van der Waals surface area (Å²) in [6.45, 7) is 3.60. The molecule has 0 fully saturated rings. The van der Waals surface area contributed by atoms with Gasteiger partial charge in [-0.25, -0.2) is 0 Å². The lowest BCUT2D eigenvalue weighted by molar-refractivity contribution is 0.414. The van der Waals surface area contributed by atoms with Gasteiger partial charge in [0, 0.05) is 32.5 Å². The fourth-order valence-corrected chi connectivity index (χ4v) is 2.29. The van der Waals surface area contributed by atoms with Crippen LogP contribution in [0.25, 0.3) is 0 Å². The molecular formula is C18H25IN4O. The van der Waals surface area contributed by atoms with E-state index < -0.39 is 0 Å². The first-order valence-corrected chi connectivity index (χ1v) is 7.70. The van der Waals surface area contributed by atoms with Crippen molar-refractivity contribution in [3.8, 4) is 5.75 Å². The number of hydrogen-bond acceptors (Lipinski definition) is 3. The Hall–Kier alpha value is -1.83. The maximum Gasteiger partial charge on any atom is 0.191 e.